The maximum absolute atomic E-state index is 12.6. The lowest BCUT2D eigenvalue weighted by molar-refractivity contribution is -0.125. The molecule has 2 aromatic rings. The SMILES string of the molecule is Cc1cccc(C(C)C)c1NC(=O)C1CC1C(=O)NCc1ccccn1. The van der Waals surface area contributed by atoms with E-state index >= 15 is 0 Å². The van der Waals surface area contributed by atoms with Crippen LogP contribution < -0.4 is 10.6 Å². The van der Waals surface area contributed by atoms with Gasteiger partial charge in [0.05, 0.1) is 24.1 Å². The molecule has 1 heterocycles. The molecule has 26 heavy (non-hydrogen) atoms. The number of para-hydroxylation sites is 1. The molecule has 0 bridgehead atoms. The van der Waals surface area contributed by atoms with Crippen LogP contribution in [0.15, 0.2) is 42.6 Å². The smallest absolute Gasteiger partial charge is 0.228 e. The number of nitrogens with zero attached hydrogens (tertiary/aromatic N) is 1. The summed E-state index contributed by atoms with van der Waals surface area (Å²) < 4.78 is 0. The standard InChI is InChI=1S/C21H25N3O2/c1-13(2)16-9-6-7-14(3)19(16)24-21(26)18-11-17(18)20(25)23-12-15-8-4-5-10-22-15/h4-10,13,17-18H,11-12H2,1-3H3,(H,23,25)(H,24,26). The van der Waals surface area contributed by atoms with Crippen LogP contribution in [0, 0.1) is 18.8 Å². The van der Waals surface area contributed by atoms with E-state index < -0.39 is 0 Å². The number of aryl methyl sites for hydroxylation is 1. The third kappa shape index (κ3) is 4.10. The van der Waals surface area contributed by atoms with Crippen LogP contribution in [0.2, 0.25) is 0 Å². The predicted molar refractivity (Wildman–Crippen MR) is 102 cm³/mol. The highest BCUT2D eigenvalue weighted by molar-refractivity contribution is 6.00. The van der Waals surface area contributed by atoms with Gasteiger partial charge in [-0.2, -0.15) is 0 Å². The number of hydrogen-bond acceptors (Lipinski definition) is 3. The van der Waals surface area contributed by atoms with Crippen LogP contribution in [-0.2, 0) is 16.1 Å². The molecule has 0 saturated heterocycles. The summed E-state index contributed by atoms with van der Waals surface area (Å²) in [6, 6.07) is 11.6. The molecule has 0 spiro atoms. The highest BCUT2D eigenvalue weighted by Crippen LogP contribution is 2.40. The first-order valence-corrected chi connectivity index (χ1v) is 9.05. The molecule has 5 nitrogen and oxygen atoms in total. The number of carbonyl (C=O) groups excluding carboxylic acids is 2. The number of hydrogen-bond donors (Lipinski definition) is 2. The van der Waals surface area contributed by atoms with Gasteiger partial charge < -0.3 is 10.6 Å². The molecule has 2 amide bonds. The molecule has 3 rings (SSSR count). The normalized spacial score (nSPS) is 18.5. The van der Waals surface area contributed by atoms with Crippen molar-refractivity contribution < 1.29 is 9.59 Å². The number of anilines is 1. The first kappa shape index (κ1) is 18.1. The molecule has 2 N–H and O–H groups in total. The van der Waals surface area contributed by atoms with E-state index in [2.05, 4.69) is 29.5 Å². The summed E-state index contributed by atoms with van der Waals surface area (Å²) >= 11 is 0. The van der Waals surface area contributed by atoms with E-state index in [0.29, 0.717) is 18.9 Å². The van der Waals surface area contributed by atoms with E-state index in [1.807, 2.05) is 43.3 Å². The Morgan fingerprint density at radius 3 is 2.58 bits per heavy atom. The van der Waals surface area contributed by atoms with Crippen molar-refractivity contribution in [3.63, 3.8) is 0 Å². The molecule has 5 heteroatoms. The number of nitrogens with one attached hydrogen (secondary N) is 2. The van der Waals surface area contributed by atoms with E-state index in [1.165, 1.54) is 0 Å². The summed E-state index contributed by atoms with van der Waals surface area (Å²) in [4.78, 5) is 29.0. The van der Waals surface area contributed by atoms with Crippen LogP contribution in [0.25, 0.3) is 0 Å². The van der Waals surface area contributed by atoms with Crippen molar-refractivity contribution in [2.24, 2.45) is 11.8 Å². The Hall–Kier alpha value is -2.69. The van der Waals surface area contributed by atoms with Gasteiger partial charge >= 0.3 is 0 Å². The Balaban J connectivity index is 1.57. The van der Waals surface area contributed by atoms with Crippen LogP contribution in [-0.4, -0.2) is 16.8 Å². The van der Waals surface area contributed by atoms with Gasteiger partial charge in [-0.05, 0) is 42.5 Å². The van der Waals surface area contributed by atoms with Crippen molar-refractivity contribution in [3.8, 4) is 0 Å². The zero-order valence-electron chi connectivity index (χ0n) is 15.5. The van der Waals surface area contributed by atoms with Gasteiger partial charge in [-0.25, -0.2) is 0 Å². The summed E-state index contributed by atoms with van der Waals surface area (Å²) in [6.07, 6.45) is 2.30. The summed E-state index contributed by atoms with van der Waals surface area (Å²) in [5, 5.41) is 5.92. The molecule has 1 fully saturated rings. The largest absolute Gasteiger partial charge is 0.350 e. The lowest BCUT2D eigenvalue weighted by atomic mass is 9.98. The average Bonchev–Trinajstić information content (AvgIpc) is 3.43. The van der Waals surface area contributed by atoms with Gasteiger partial charge in [0.25, 0.3) is 0 Å². The van der Waals surface area contributed by atoms with Crippen molar-refractivity contribution >= 4 is 17.5 Å². The fourth-order valence-corrected chi connectivity index (χ4v) is 3.14. The number of carbonyl (C=O) groups is 2. The predicted octanol–water partition coefficient (Wildman–Crippen LogP) is 3.40. The summed E-state index contributed by atoms with van der Waals surface area (Å²) in [5.41, 5.74) is 3.85. The Bertz CT molecular complexity index is 802. The second-order valence-electron chi connectivity index (χ2n) is 7.17. The Labute approximate surface area is 154 Å². The van der Waals surface area contributed by atoms with Gasteiger partial charge in [0.1, 0.15) is 0 Å². The molecule has 1 aliphatic rings. The van der Waals surface area contributed by atoms with Crippen LogP contribution in [0.3, 0.4) is 0 Å². The quantitative estimate of drug-likeness (QED) is 0.838. The zero-order valence-corrected chi connectivity index (χ0v) is 15.5. The van der Waals surface area contributed by atoms with E-state index in [1.54, 1.807) is 6.20 Å². The van der Waals surface area contributed by atoms with Gasteiger partial charge in [-0.3, -0.25) is 14.6 Å². The summed E-state index contributed by atoms with van der Waals surface area (Å²) in [7, 11) is 0. The third-order valence-electron chi connectivity index (χ3n) is 4.81. The Kier molecular flexibility index (Phi) is 5.35. The van der Waals surface area contributed by atoms with Crippen LogP contribution in [0.1, 0.15) is 43.0 Å². The highest BCUT2D eigenvalue weighted by atomic mass is 16.2. The monoisotopic (exact) mass is 351 g/mol. The van der Waals surface area contributed by atoms with Crippen molar-refractivity contribution in [1.29, 1.82) is 0 Å². The number of benzene rings is 1. The topological polar surface area (TPSA) is 71.1 Å². The number of pyridine rings is 1. The minimum absolute atomic E-state index is 0.0702. The Morgan fingerprint density at radius 1 is 1.12 bits per heavy atom. The van der Waals surface area contributed by atoms with Crippen molar-refractivity contribution in [2.45, 2.75) is 39.7 Å². The van der Waals surface area contributed by atoms with Crippen LogP contribution in [0.5, 0.6) is 0 Å². The van der Waals surface area contributed by atoms with Gasteiger partial charge in [0.15, 0.2) is 0 Å². The number of rotatable bonds is 6. The molecule has 1 saturated carbocycles. The van der Waals surface area contributed by atoms with Gasteiger partial charge in [0, 0.05) is 11.9 Å². The highest BCUT2D eigenvalue weighted by Gasteiger charge is 2.48. The first-order valence-electron chi connectivity index (χ1n) is 9.05. The van der Waals surface area contributed by atoms with Gasteiger partial charge in [0.2, 0.25) is 11.8 Å². The molecule has 2 atom stereocenters. The average molecular weight is 351 g/mol. The maximum Gasteiger partial charge on any atom is 0.228 e. The minimum Gasteiger partial charge on any atom is -0.350 e. The molecule has 1 aromatic heterocycles. The van der Waals surface area contributed by atoms with E-state index in [9.17, 15) is 9.59 Å². The Morgan fingerprint density at radius 2 is 1.88 bits per heavy atom. The van der Waals surface area contributed by atoms with Crippen LogP contribution in [0.4, 0.5) is 5.69 Å². The lowest BCUT2D eigenvalue weighted by Crippen LogP contribution is -2.27. The van der Waals surface area contributed by atoms with Crippen LogP contribution >= 0.6 is 0 Å². The lowest BCUT2D eigenvalue weighted by Gasteiger charge is -2.16. The molecule has 2 unspecified atom stereocenters. The van der Waals surface area contributed by atoms with Crippen molar-refractivity contribution in [2.75, 3.05) is 5.32 Å². The molecule has 1 aliphatic carbocycles. The fourth-order valence-electron chi connectivity index (χ4n) is 3.14. The molecular formula is C21H25N3O2. The summed E-state index contributed by atoms with van der Waals surface area (Å²) in [5.74, 6) is -0.325. The fraction of sp³-hybridized carbons (Fsp3) is 0.381. The second-order valence-corrected chi connectivity index (χ2v) is 7.17. The molecule has 136 valence electrons. The second kappa shape index (κ2) is 7.68. The van der Waals surface area contributed by atoms with Gasteiger partial charge in [-0.1, -0.05) is 38.1 Å². The molecular weight excluding hydrogens is 326 g/mol. The van der Waals surface area contributed by atoms with Crippen molar-refractivity contribution in [1.82, 2.24) is 10.3 Å². The third-order valence-corrected chi connectivity index (χ3v) is 4.81. The number of aromatic nitrogens is 1. The van der Waals surface area contributed by atoms with E-state index in [-0.39, 0.29) is 23.7 Å². The maximum atomic E-state index is 12.6. The molecule has 1 aromatic carbocycles. The van der Waals surface area contributed by atoms with Crippen molar-refractivity contribution in [3.05, 3.63) is 59.4 Å². The van der Waals surface area contributed by atoms with Gasteiger partial charge in [-0.15, -0.1) is 0 Å². The first-order chi connectivity index (χ1) is 12.5. The minimum atomic E-state index is -0.252. The number of amides is 2. The molecule has 0 radical (unpaired) electrons. The van der Waals surface area contributed by atoms with E-state index in [0.717, 1.165) is 22.5 Å². The molecule has 0 aliphatic heterocycles. The van der Waals surface area contributed by atoms with E-state index in [4.69, 9.17) is 0 Å². The zero-order chi connectivity index (χ0) is 18.7. The summed E-state index contributed by atoms with van der Waals surface area (Å²) in [6.45, 7) is 6.59.